The molecule has 0 saturated heterocycles. The summed E-state index contributed by atoms with van der Waals surface area (Å²) in [6.45, 7) is 0.566. The van der Waals surface area contributed by atoms with Gasteiger partial charge < -0.3 is 14.0 Å². The first kappa shape index (κ1) is 12.2. The van der Waals surface area contributed by atoms with Crippen molar-refractivity contribution in [3.8, 4) is 5.88 Å². The lowest BCUT2D eigenvalue weighted by atomic mass is 10.2. The van der Waals surface area contributed by atoms with Crippen molar-refractivity contribution in [1.29, 1.82) is 0 Å². The Hall–Kier alpha value is -2.30. The third kappa shape index (κ3) is 2.51. The predicted octanol–water partition coefficient (Wildman–Crippen LogP) is 1.73. The molecule has 0 aliphatic heterocycles. The van der Waals surface area contributed by atoms with Crippen LogP contribution in [0.15, 0.2) is 36.7 Å². The topological polar surface area (TPSA) is 53.4 Å². The number of methoxy groups -OCH3 is 2. The van der Waals surface area contributed by atoms with Gasteiger partial charge in [-0.25, -0.2) is 9.78 Å². The second kappa shape index (κ2) is 5.35. The molecule has 0 aliphatic carbocycles. The molecule has 5 nitrogen and oxygen atoms in total. The van der Waals surface area contributed by atoms with E-state index in [-0.39, 0.29) is 5.97 Å². The number of rotatable bonds is 4. The lowest BCUT2D eigenvalue weighted by Crippen LogP contribution is -2.10. The summed E-state index contributed by atoms with van der Waals surface area (Å²) in [6, 6.07) is 7.25. The zero-order valence-electron chi connectivity index (χ0n) is 10.3. The molecule has 0 amide bonds. The minimum absolute atomic E-state index is 0.346. The Morgan fingerprint density at radius 3 is 2.94 bits per heavy atom. The molecule has 2 rings (SSSR count). The van der Waals surface area contributed by atoms with Gasteiger partial charge in [0.2, 0.25) is 5.88 Å². The standard InChI is InChI=1S/C13H14N2O3/c1-17-12-8-10(5-6-14-12)9-15-7-3-4-11(15)13(16)18-2/h3-8H,9H2,1-2H3. The van der Waals surface area contributed by atoms with E-state index < -0.39 is 0 Å². The number of carbonyl (C=O) groups excluding carboxylic acids is 1. The lowest BCUT2D eigenvalue weighted by molar-refractivity contribution is 0.0589. The molecule has 0 bridgehead atoms. The predicted molar refractivity (Wildman–Crippen MR) is 65.7 cm³/mol. The lowest BCUT2D eigenvalue weighted by Gasteiger charge is -2.08. The average Bonchev–Trinajstić information content (AvgIpc) is 2.86. The Bertz CT molecular complexity index is 549. The summed E-state index contributed by atoms with van der Waals surface area (Å²) in [4.78, 5) is 15.6. The molecule has 18 heavy (non-hydrogen) atoms. The number of nitrogens with zero attached hydrogens (tertiary/aromatic N) is 2. The van der Waals surface area contributed by atoms with Crippen LogP contribution in [0.25, 0.3) is 0 Å². The van der Waals surface area contributed by atoms with Crippen molar-refractivity contribution >= 4 is 5.97 Å². The fourth-order valence-corrected chi connectivity index (χ4v) is 1.70. The van der Waals surface area contributed by atoms with Crippen molar-refractivity contribution in [2.45, 2.75) is 6.54 Å². The summed E-state index contributed by atoms with van der Waals surface area (Å²) >= 11 is 0. The maximum absolute atomic E-state index is 11.5. The molecule has 0 saturated carbocycles. The van der Waals surface area contributed by atoms with E-state index in [0.717, 1.165) is 5.56 Å². The van der Waals surface area contributed by atoms with Gasteiger partial charge in [0.1, 0.15) is 5.69 Å². The second-order valence-corrected chi connectivity index (χ2v) is 3.72. The van der Waals surface area contributed by atoms with Gasteiger partial charge in [0.15, 0.2) is 0 Å². The molecule has 0 fully saturated rings. The number of ether oxygens (including phenoxy) is 2. The molecule has 2 aromatic rings. The van der Waals surface area contributed by atoms with E-state index in [1.807, 2.05) is 29.0 Å². The summed E-state index contributed by atoms with van der Waals surface area (Å²) in [5, 5.41) is 0. The zero-order chi connectivity index (χ0) is 13.0. The van der Waals surface area contributed by atoms with E-state index in [9.17, 15) is 4.79 Å². The monoisotopic (exact) mass is 246 g/mol. The molecular weight excluding hydrogens is 232 g/mol. The van der Waals surface area contributed by atoms with Gasteiger partial charge in [-0.15, -0.1) is 0 Å². The molecule has 0 radical (unpaired) electrons. The highest BCUT2D eigenvalue weighted by Gasteiger charge is 2.11. The van der Waals surface area contributed by atoms with E-state index in [1.54, 1.807) is 19.4 Å². The van der Waals surface area contributed by atoms with Gasteiger partial charge in [-0.05, 0) is 23.8 Å². The Morgan fingerprint density at radius 2 is 2.22 bits per heavy atom. The number of hydrogen-bond donors (Lipinski definition) is 0. The molecule has 0 aliphatic rings. The quantitative estimate of drug-likeness (QED) is 0.771. The summed E-state index contributed by atoms with van der Waals surface area (Å²) in [7, 11) is 2.94. The highest BCUT2D eigenvalue weighted by Crippen LogP contribution is 2.12. The van der Waals surface area contributed by atoms with Crippen LogP contribution in [0.1, 0.15) is 16.1 Å². The van der Waals surface area contributed by atoms with Gasteiger partial charge in [-0.2, -0.15) is 0 Å². The Morgan fingerprint density at radius 1 is 1.39 bits per heavy atom. The fraction of sp³-hybridized carbons (Fsp3) is 0.231. The fourth-order valence-electron chi connectivity index (χ4n) is 1.70. The van der Waals surface area contributed by atoms with Crippen LogP contribution in [0.2, 0.25) is 0 Å². The molecule has 0 aromatic carbocycles. The van der Waals surface area contributed by atoms with Crippen molar-refractivity contribution in [3.05, 3.63) is 47.9 Å². The van der Waals surface area contributed by atoms with Gasteiger partial charge in [-0.3, -0.25) is 0 Å². The Labute approximate surface area is 105 Å². The molecule has 0 unspecified atom stereocenters. The highest BCUT2D eigenvalue weighted by atomic mass is 16.5. The van der Waals surface area contributed by atoms with Crippen LogP contribution in [0.5, 0.6) is 5.88 Å². The number of carbonyl (C=O) groups is 1. The van der Waals surface area contributed by atoms with Crippen molar-refractivity contribution in [3.63, 3.8) is 0 Å². The molecule has 2 heterocycles. The van der Waals surface area contributed by atoms with E-state index in [4.69, 9.17) is 9.47 Å². The summed E-state index contributed by atoms with van der Waals surface area (Å²) in [5.74, 6) is 0.209. The van der Waals surface area contributed by atoms with Crippen molar-refractivity contribution in [2.75, 3.05) is 14.2 Å². The van der Waals surface area contributed by atoms with E-state index in [2.05, 4.69) is 4.98 Å². The molecule has 0 spiro atoms. The van der Waals surface area contributed by atoms with Crippen LogP contribution in [0, 0.1) is 0 Å². The van der Waals surface area contributed by atoms with Gasteiger partial charge in [-0.1, -0.05) is 0 Å². The van der Waals surface area contributed by atoms with Crippen molar-refractivity contribution in [2.24, 2.45) is 0 Å². The summed E-state index contributed by atoms with van der Waals surface area (Å²) < 4.78 is 11.6. The third-order valence-electron chi connectivity index (χ3n) is 2.59. The van der Waals surface area contributed by atoms with Crippen LogP contribution in [0.4, 0.5) is 0 Å². The highest BCUT2D eigenvalue weighted by molar-refractivity contribution is 5.87. The van der Waals surface area contributed by atoms with E-state index in [1.165, 1.54) is 7.11 Å². The molecule has 2 aromatic heterocycles. The molecule has 0 atom stereocenters. The van der Waals surface area contributed by atoms with Gasteiger partial charge in [0, 0.05) is 25.0 Å². The van der Waals surface area contributed by atoms with Crippen LogP contribution >= 0.6 is 0 Å². The first-order valence-corrected chi connectivity index (χ1v) is 5.47. The summed E-state index contributed by atoms with van der Waals surface area (Å²) in [5.41, 5.74) is 1.52. The average molecular weight is 246 g/mol. The van der Waals surface area contributed by atoms with Crippen LogP contribution in [0.3, 0.4) is 0 Å². The first-order valence-electron chi connectivity index (χ1n) is 5.47. The number of pyridine rings is 1. The number of esters is 1. The third-order valence-corrected chi connectivity index (χ3v) is 2.59. The van der Waals surface area contributed by atoms with Crippen molar-refractivity contribution < 1.29 is 14.3 Å². The SMILES string of the molecule is COC(=O)c1cccn1Cc1ccnc(OC)c1. The van der Waals surface area contributed by atoms with Crippen LogP contribution < -0.4 is 4.74 Å². The normalized spacial score (nSPS) is 10.1. The number of aromatic nitrogens is 2. The largest absolute Gasteiger partial charge is 0.481 e. The Kier molecular flexibility index (Phi) is 3.62. The van der Waals surface area contributed by atoms with Gasteiger partial charge in [0.25, 0.3) is 0 Å². The smallest absolute Gasteiger partial charge is 0.354 e. The van der Waals surface area contributed by atoms with E-state index in [0.29, 0.717) is 18.1 Å². The molecule has 0 N–H and O–H groups in total. The van der Waals surface area contributed by atoms with Crippen molar-refractivity contribution in [1.82, 2.24) is 9.55 Å². The maximum Gasteiger partial charge on any atom is 0.354 e. The number of hydrogen-bond acceptors (Lipinski definition) is 4. The van der Waals surface area contributed by atoms with Gasteiger partial charge >= 0.3 is 5.97 Å². The van der Waals surface area contributed by atoms with E-state index >= 15 is 0 Å². The first-order chi connectivity index (χ1) is 8.74. The van der Waals surface area contributed by atoms with Gasteiger partial charge in [0.05, 0.1) is 14.2 Å². The maximum atomic E-state index is 11.5. The Balaban J connectivity index is 2.23. The molecule has 5 heteroatoms. The minimum atomic E-state index is -0.346. The van der Waals surface area contributed by atoms with Crippen LogP contribution in [-0.4, -0.2) is 29.7 Å². The molecular formula is C13H14N2O3. The summed E-state index contributed by atoms with van der Waals surface area (Å²) in [6.07, 6.45) is 3.51. The molecule has 94 valence electrons. The van der Waals surface area contributed by atoms with Crippen LogP contribution in [-0.2, 0) is 11.3 Å². The minimum Gasteiger partial charge on any atom is -0.481 e. The zero-order valence-corrected chi connectivity index (χ0v) is 10.3. The second-order valence-electron chi connectivity index (χ2n) is 3.72.